The van der Waals surface area contributed by atoms with Gasteiger partial charge in [-0.15, -0.1) is 0 Å². The maximum atomic E-state index is 9.09. The summed E-state index contributed by atoms with van der Waals surface area (Å²) in [6.45, 7) is 3.92. The SMILES string of the molecule is CCCc1ccc(OC(CO)C(C)N)cc1. The molecule has 0 spiro atoms. The highest BCUT2D eigenvalue weighted by molar-refractivity contribution is 5.27. The Morgan fingerprint density at radius 3 is 2.38 bits per heavy atom. The highest BCUT2D eigenvalue weighted by atomic mass is 16.5. The van der Waals surface area contributed by atoms with Crippen molar-refractivity contribution in [2.24, 2.45) is 5.73 Å². The van der Waals surface area contributed by atoms with Crippen LogP contribution in [-0.2, 0) is 6.42 Å². The number of benzene rings is 1. The van der Waals surface area contributed by atoms with Crippen molar-refractivity contribution < 1.29 is 9.84 Å². The lowest BCUT2D eigenvalue weighted by Crippen LogP contribution is -2.39. The van der Waals surface area contributed by atoms with Crippen molar-refractivity contribution >= 4 is 0 Å². The summed E-state index contributed by atoms with van der Waals surface area (Å²) < 4.78 is 5.58. The number of aliphatic hydroxyl groups is 1. The van der Waals surface area contributed by atoms with Gasteiger partial charge in [0.2, 0.25) is 0 Å². The van der Waals surface area contributed by atoms with E-state index in [9.17, 15) is 0 Å². The molecule has 0 amide bonds. The number of ether oxygens (including phenoxy) is 1. The number of hydrogen-bond acceptors (Lipinski definition) is 3. The molecule has 1 rings (SSSR count). The first-order valence-corrected chi connectivity index (χ1v) is 5.79. The second-order valence-corrected chi connectivity index (χ2v) is 4.09. The van der Waals surface area contributed by atoms with Gasteiger partial charge in [-0.25, -0.2) is 0 Å². The molecule has 0 aliphatic rings. The van der Waals surface area contributed by atoms with E-state index in [-0.39, 0.29) is 18.8 Å². The van der Waals surface area contributed by atoms with Crippen molar-refractivity contribution in [3.05, 3.63) is 29.8 Å². The zero-order valence-electron chi connectivity index (χ0n) is 10.0. The average Bonchev–Trinajstić information content (AvgIpc) is 2.28. The molecule has 3 heteroatoms. The first-order chi connectivity index (χ1) is 7.67. The lowest BCUT2D eigenvalue weighted by Gasteiger charge is -2.20. The van der Waals surface area contributed by atoms with Crippen LogP contribution in [0.25, 0.3) is 0 Å². The minimum Gasteiger partial charge on any atom is -0.486 e. The Morgan fingerprint density at radius 1 is 1.31 bits per heavy atom. The van der Waals surface area contributed by atoms with E-state index in [2.05, 4.69) is 19.1 Å². The minimum absolute atomic E-state index is 0.0611. The monoisotopic (exact) mass is 223 g/mol. The summed E-state index contributed by atoms with van der Waals surface area (Å²) in [6, 6.07) is 7.77. The Bertz CT molecular complexity index is 295. The molecule has 3 nitrogen and oxygen atoms in total. The molecule has 0 heterocycles. The number of aryl methyl sites for hydroxylation is 1. The van der Waals surface area contributed by atoms with Crippen LogP contribution in [0.2, 0.25) is 0 Å². The van der Waals surface area contributed by atoms with Crippen LogP contribution in [-0.4, -0.2) is 23.9 Å². The van der Waals surface area contributed by atoms with Crippen LogP contribution < -0.4 is 10.5 Å². The van der Waals surface area contributed by atoms with Gasteiger partial charge in [-0.1, -0.05) is 25.5 Å². The zero-order chi connectivity index (χ0) is 12.0. The molecule has 90 valence electrons. The van der Waals surface area contributed by atoms with E-state index in [1.807, 2.05) is 19.1 Å². The quantitative estimate of drug-likeness (QED) is 0.772. The topological polar surface area (TPSA) is 55.5 Å². The van der Waals surface area contributed by atoms with E-state index in [0.717, 1.165) is 18.6 Å². The summed E-state index contributed by atoms with van der Waals surface area (Å²) in [7, 11) is 0. The van der Waals surface area contributed by atoms with Gasteiger partial charge in [0.15, 0.2) is 0 Å². The normalized spacial score (nSPS) is 14.5. The summed E-state index contributed by atoms with van der Waals surface area (Å²) in [6.07, 6.45) is 1.88. The zero-order valence-corrected chi connectivity index (χ0v) is 10.0. The molecule has 0 fully saturated rings. The lowest BCUT2D eigenvalue weighted by molar-refractivity contribution is 0.0991. The van der Waals surface area contributed by atoms with Crippen LogP contribution in [0.4, 0.5) is 0 Å². The third-order valence-electron chi connectivity index (χ3n) is 2.52. The predicted octanol–water partition coefficient (Wildman–Crippen LogP) is 1.73. The molecule has 2 atom stereocenters. The van der Waals surface area contributed by atoms with E-state index in [1.165, 1.54) is 5.56 Å². The molecule has 16 heavy (non-hydrogen) atoms. The Kier molecular flexibility index (Phi) is 5.29. The van der Waals surface area contributed by atoms with Gasteiger partial charge < -0.3 is 15.6 Å². The Hall–Kier alpha value is -1.06. The summed E-state index contributed by atoms with van der Waals surface area (Å²) in [5.74, 6) is 0.760. The summed E-state index contributed by atoms with van der Waals surface area (Å²) in [5, 5.41) is 9.09. The molecule has 0 aromatic heterocycles. The molecule has 0 radical (unpaired) electrons. The summed E-state index contributed by atoms with van der Waals surface area (Å²) >= 11 is 0. The highest BCUT2D eigenvalue weighted by Gasteiger charge is 2.13. The van der Waals surface area contributed by atoms with Crippen molar-refractivity contribution in [2.75, 3.05) is 6.61 Å². The lowest BCUT2D eigenvalue weighted by atomic mass is 10.1. The molecule has 3 N–H and O–H groups in total. The van der Waals surface area contributed by atoms with Gasteiger partial charge in [0.05, 0.1) is 6.61 Å². The first-order valence-electron chi connectivity index (χ1n) is 5.79. The second kappa shape index (κ2) is 6.51. The maximum absolute atomic E-state index is 9.09. The van der Waals surface area contributed by atoms with Crippen molar-refractivity contribution in [3.63, 3.8) is 0 Å². The van der Waals surface area contributed by atoms with Gasteiger partial charge >= 0.3 is 0 Å². The van der Waals surface area contributed by atoms with E-state index < -0.39 is 0 Å². The highest BCUT2D eigenvalue weighted by Crippen LogP contribution is 2.15. The fraction of sp³-hybridized carbons (Fsp3) is 0.538. The Balaban J connectivity index is 2.60. The van der Waals surface area contributed by atoms with Gasteiger partial charge in [0, 0.05) is 6.04 Å². The molecule has 0 saturated carbocycles. The van der Waals surface area contributed by atoms with Gasteiger partial charge in [-0.2, -0.15) is 0 Å². The Morgan fingerprint density at radius 2 is 1.94 bits per heavy atom. The fourth-order valence-corrected chi connectivity index (χ4v) is 1.51. The third-order valence-corrected chi connectivity index (χ3v) is 2.52. The number of rotatable bonds is 6. The molecule has 0 aliphatic heterocycles. The molecule has 2 unspecified atom stereocenters. The fourth-order valence-electron chi connectivity index (χ4n) is 1.51. The largest absolute Gasteiger partial charge is 0.486 e. The van der Waals surface area contributed by atoms with Crippen molar-refractivity contribution in [2.45, 2.75) is 38.8 Å². The van der Waals surface area contributed by atoms with Crippen molar-refractivity contribution in [1.82, 2.24) is 0 Å². The van der Waals surface area contributed by atoms with Crippen molar-refractivity contribution in [1.29, 1.82) is 0 Å². The van der Waals surface area contributed by atoms with Crippen LogP contribution in [0.1, 0.15) is 25.8 Å². The van der Waals surface area contributed by atoms with Gasteiger partial charge in [-0.3, -0.25) is 0 Å². The van der Waals surface area contributed by atoms with Crippen LogP contribution in [0.3, 0.4) is 0 Å². The van der Waals surface area contributed by atoms with Crippen LogP contribution in [0.5, 0.6) is 5.75 Å². The first kappa shape index (κ1) is 13.0. The second-order valence-electron chi connectivity index (χ2n) is 4.09. The van der Waals surface area contributed by atoms with E-state index in [1.54, 1.807) is 0 Å². The standard InChI is InChI=1S/C13H21NO2/c1-3-4-11-5-7-12(8-6-11)16-13(9-15)10(2)14/h5-8,10,13,15H,3-4,9,14H2,1-2H3. The Labute approximate surface area is 97.2 Å². The van der Waals surface area contributed by atoms with Crippen molar-refractivity contribution in [3.8, 4) is 5.75 Å². The molecular formula is C13H21NO2. The van der Waals surface area contributed by atoms with Crippen LogP contribution in [0, 0.1) is 0 Å². The van der Waals surface area contributed by atoms with E-state index >= 15 is 0 Å². The van der Waals surface area contributed by atoms with E-state index in [0.29, 0.717) is 0 Å². The number of hydrogen-bond donors (Lipinski definition) is 2. The summed E-state index contributed by atoms with van der Waals surface area (Å²) in [4.78, 5) is 0. The smallest absolute Gasteiger partial charge is 0.136 e. The summed E-state index contributed by atoms with van der Waals surface area (Å²) in [5.41, 5.74) is 6.99. The van der Waals surface area contributed by atoms with Gasteiger partial charge in [-0.05, 0) is 31.0 Å². The average molecular weight is 223 g/mol. The molecular weight excluding hydrogens is 202 g/mol. The van der Waals surface area contributed by atoms with Crippen LogP contribution in [0.15, 0.2) is 24.3 Å². The number of nitrogens with two attached hydrogens (primary N) is 1. The third kappa shape index (κ3) is 3.83. The minimum atomic E-state index is -0.336. The molecule has 0 saturated heterocycles. The maximum Gasteiger partial charge on any atom is 0.136 e. The van der Waals surface area contributed by atoms with E-state index in [4.69, 9.17) is 15.6 Å². The molecule has 1 aromatic rings. The van der Waals surface area contributed by atoms with Crippen LogP contribution >= 0.6 is 0 Å². The van der Waals surface area contributed by atoms with Gasteiger partial charge in [0.1, 0.15) is 11.9 Å². The molecule has 0 bridgehead atoms. The van der Waals surface area contributed by atoms with Gasteiger partial charge in [0.25, 0.3) is 0 Å². The predicted molar refractivity (Wildman–Crippen MR) is 65.6 cm³/mol. The number of aliphatic hydroxyl groups excluding tert-OH is 1. The molecule has 1 aromatic carbocycles. The molecule has 0 aliphatic carbocycles.